The summed E-state index contributed by atoms with van der Waals surface area (Å²) in [4.78, 5) is 2.62. The van der Waals surface area contributed by atoms with Crippen LogP contribution in [-0.2, 0) is 0 Å². The summed E-state index contributed by atoms with van der Waals surface area (Å²) >= 11 is 0. The molecular weight excluding hydrogens is 172 g/mol. The van der Waals surface area contributed by atoms with Gasteiger partial charge in [-0.05, 0) is 38.6 Å². The number of hydrogen-bond acceptors (Lipinski definition) is 2. The van der Waals surface area contributed by atoms with Crippen LogP contribution in [0.15, 0.2) is 0 Å². The minimum atomic E-state index is 0.357. The highest BCUT2D eigenvalue weighted by Crippen LogP contribution is 2.45. The van der Waals surface area contributed by atoms with E-state index in [0.717, 1.165) is 18.5 Å². The predicted octanol–water partition coefficient (Wildman–Crippen LogP) is 1.99. The minimum Gasteiger partial charge on any atom is -0.329 e. The highest BCUT2D eigenvalue weighted by atomic mass is 15.2. The van der Waals surface area contributed by atoms with Gasteiger partial charge in [-0.1, -0.05) is 19.8 Å². The number of rotatable bonds is 4. The van der Waals surface area contributed by atoms with Crippen LogP contribution in [0.1, 0.15) is 45.4 Å². The number of nitrogens with two attached hydrogens (primary N) is 1. The third-order valence-electron chi connectivity index (χ3n) is 4.57. The Bertz CT molecular complexity index is 200. The summed E-state index contributed by atoms with van der Waals surface area (Å²) < 4.78 is 0. The van der Waals surface area contributed by atoms with E-state index < -0.39 is 0 Å². The highest BCUT2D eigenvalue weighted by Gasteiger charge is 2.47. The van der Waals surface area contributed by atoms with Crippen molar-refractivity contribution in [1.29, 1.82) is 0 Å². The summed E-state index contributed by atoms with van der Waals surface area (Å²) in [7, 11) is 2.30. The van der Waals surface area contributed by atoms with Gasteiger partial charge < -0.3 is 5.73 Å². The maximum atomic E-state index is 6.06. The monoisotopic (exact) mass is 196 g/mol. The van der Waals surface area contributed by atoms with Crippen molar-refractivity contribution in [2.45, 2.75) is 57.0 Å². The van der Waals surface area contributed by atoms with Crippen molar-refractivity contribution in [2.24, 2.45) is 11.7 Å². The first kappa shape index (κ1) is 10.4. The molecule has 82 valence electrons. The molecule has 2 unspecified atom stereocenters. The van der Waals surface area contributed by atoms with Crippen LogP contribution in [0.4, 0.5) is 0 Å². The van der Waals surface area contributed by atoms with Gasteiger partial charge in [0.1, 0.15) is 0 Å². The van der Waals surface area contributed by atoms with Gasteiger partial charge in [-0.2, -0.15) is 0 Å². The smallest absolute Gasteiger partial charge is 0.0359 e. The van der Waals surface area contributed by atoms with Gasteiger partial charge in [-0.3, -0.25) is 4.90 Å². The molecule has 14 heavy (non-hydrogen) atoms. The number of likely N-dealkylation sites (N-methyl/N-ethyl adjacent to an activating group) is 1. The Labute approximate surface area is 87.8 Å². The molecule has 2 aliphatic carbocycles. The van der Waals surface area contributed by atoms with Crippen LogP contribution in [0.5, 0.6) is 0 Å². The Morgan fingerprint density at radius 2 is 2.07 bits per heavy atom. The van der Waals surface area contributed by atoms with Crippen LogP contribution in [0.2, 0.25) is 0 Å². The molecule has 2 heteroatoms. The molecule has 0 radical (unpaired) electrons. The van der Waals surface area contributed by atoms with E-state index in [1.807, 2.05) is 0 Å². The van der Waals surface area contributed by atoms with Crippen molar-refractivity contribution < 1.29 is 0 Å². The van der Waals surface area contributed by atoms with Gasteiger partial charge in [0.15, 0.2) is 0 Å². The first-order valence-electron chi connectivity index (χ1n) is 6.17. The van der Waals surface area contributed by atoms with Crippen molar-refractivity contribution >= 4 is 0 Å². The fraction of sp³-hybridized carbons (Fsp3) is 1.00. The van der Waals surface area contributed by atoms with Crippen molar-refractivity contribution in [3.8, 4) is 0 Å². The van der Waals surface area contributed by atoms with Crippen LogP contribution in [-0.4, -0.2) is 30.1 Å². The lowest BCUT2D eigenvalue weighted by molar-refractivity contribution is 0.0742. The predicted molar refractivity (Wildman–Crippen MR) is 60.2 cm³/mol. The molecule has 2 nitrogen and oxygen atoms in total. The Balaban J connectivity index is 2.13. The van der Waals surface area contributed by atoms with Gasteiger partial charge in [0.05, 0.1) is 0 Å². The summed E-state index contributed by atoms with van der Waals surface area (Å²) in [6.45, 7) is 3.18. The molecule has 0 aliphatic heterocycles. The first-order chi connectivity index (χ1) is 6.74. The van der Waals surface area contributed by atoms with E-state index in [1.165, 1.54) is 38.5 Å². The van der Waals surface area contributed by atoms with Crippen LogP contribution in [0.25, 0.3) is 0 Å². The lowest BCUT2D eigenvalue weighted by Gasteiger charge is -2.43. The zero-order valence-electron chi connectivity index (χ0n) is 9.63. The van der Waals surface area contributed by atoms with E-state index >= 15 is 0 Å². The SMILES string of the molecule is CCC1CCCC1(CN)N(C)C1CC1. The van der Waals surface area contributed by atoms with E-state index in [-0.39, 0.29) is 0 Å². The van der Waals surface area contributed by atoms with Gasteiger partial charge in [0, 0.05) is 18.1 Å². The van der Waals surface area contributed by atoms with Gasteiger partial charge in [0.2, 0.25) is 0 Å². The summed E-state index contributed by atoms with van der Waals surface area (Å²) in [6.07, 6.45) is 8.20. The van der Waals surface area contributed by atoms with E-state index in [4.69, 9.17) is 5.73 Å². The maximum Gasteiger partial charge on any atom is 0.0359 e. The average molecular weight is 196 g/mol. The van der Waals surface area contributed by atoms with Crippen molar-refractivity contribution in [1.82, 2.24) is 4.90 Å². The Morgan fingerprint density at radius 1 is 1.36 bits per heavy atom. The molecule has 0 saturated heterocycles. The van der Waals surface area contributed by atoms with E-state index in [2.05, 4.69) is 18.9 Å². The molecule has 2 rings (SSSR count). The standard InChI is InChI=1S/C12H24N2/c1-3-10-5-4-8-12(10,9-13)14(2)11-6-7-11/h10-11H,3-9,13H2,1-2H3. The van der Waals surface area contributed by atoms with Crippen LogP contribution in [0, 0.1) is 5.92 Å². The van der Waals surface area contributed by atoms with Gasteiger partial charge in [-0.15, -0.1) is 0 Å². The average Bonchev–Trinajstić information content (AvgIpc) is 2.96. The molecule has 0 heterocycles. The van der Waals surface area contributed by atoms with Crippen LogP contribution < -0.4 is 5.73 Å². The second-order valence-electron chi connectivity index (χ2n) is 5.15. The molecular formula is C12H24N2. The molecule has 2 saturated carbocycles. The topological polar surface area (TPSA) is 29.3 Å². The third-order valence-corrected chi connectivity index (χ3v) is 4.57. The molecule has 2 N–H and O–H groups in total. The molecule has 0 aromatic heterocycles. The normalized spacial score (nSPS) is 38.1. The zero-order chi connectivity index (χ0) is 10.2. The van der Waals surface area contributed by atoms with Crippen molar-refractivity contribution in [3.05, 3.63) is 0 Å². The van der Waals surface area contributed by atoms with Crippen molar-refractivity contribution in [3.63, 3.8) is 0 Å². The molecule has 0 aromatic carbocycles. The second-order valence-corrected chi connectivity index (χ2v) is 5.15. The quantitative estimate of drug-likeness (QED) is 0.745. The Kier molecular flexibility index (Phi) is 2.85. The summed E-state index contributed by atoms with van der Waals surface area (Å²) in [5.74, 6) is 0.845. The summed E-state index contributed by atoms with van der Waals surface area (Å²) in [5.41, 5.74) is 6.42. The zero-order valence-corrected chi connectivity index (χ0v) is 9.63. The lowest BCUT2D eigenvalue weighted by atomic mass is 9.83. The van der Waals surface area contributed by atoms with Crippen LogP contribution in [0.3, 0.4) is 0 Å². The van der Waals surface area contributed by atoms with Crippen LogP contribution >= 0.6 is 0 Å². The molecule has 0 aromatic rings. The lowest BCUT2D eigenvalue weighted by Crippen LogP contribution is -2.55. The first-order valence-corrected chi connectivity index (χ1v) is 6.17. The summed E-state index contributed by atoms with van der Waals surface area (Å²) in [5, 5.41) is 0. The number of hydrogen-bond donors (Lipinski definition) is 1. The Hall–Kier alpha value is -0.0800. The maximum absolute atomic E-state index is 6.06. The molecule has 0 spiro atoms. The minimum absolute atomic E-state index is 0.357. The van der Waals surface area contributed by atoms with Gasteiger partial charge in [-0.25, -0.2) is 0 Å². The van der Waals surface area contributed by atoms with Gasteiger partial charge in [0.25, 0.3) is 0 Å². The third kappa shape index (κ3) is 1.49. The van der Waals surface area contributed by atoms with E-state index in [1.54, 1.807) is 0 Å². The Morgan fingerprint density at radius 3 is 2.57 bits per heavy atom. The molecule has 2 atom stereocenters. The second kappa shape index (κ2) is 3.82. The van der Waals surface area contributed by atoms with E-state index in [9.17, 15) is 0 Å². The molecule has 2 aliphatic rings. The molecule has 2 fully saturated rings. The molecule has 0 bridgehead atoms. The van der Waals surface area contributed by atoms with E-state index in [0.29, 0.717) is 5.54 Å². The van der Waals surface area contributed by atoms with Crippen molar-refractivity contribution in [2.75, 3.05) is 13.6 Å². The fourth-order valence-electron chi connectivity index (χ4n) is 3.41. The largest absolute Gasteiger partial charge is 0.329 e. The highest BCUT2D eigenvalue weighted by molar-refractivity contribution is 5.04. The molecule has 0 amide bonds. The van der Waals surface area contributed by atoms with Gasteiger partial charge >= 0.3 is 0 Å². The summed E-state index contributed by atoms with van der Waals surface area (Å²) in [6, 6.07) is 0.852. The number of nitrogens with zero attached hydrogens (tertiary/aromatic N) is 1. The fourth-order valence-corrected chi connectivity index (χ4v) is 3.41.